The first kappa shape index (κ1) is 17.1. The van der Waals surface area contributed by atoms with Gasteiger partial charge in [-0.3, -0.25) is 5.32 Å². The van der Waals surface area contributed by atoms with Gasteiger partial charge in [-0.05, 0) is 48.4 Å². The Morgan fingerprint density at radius 3 is 2.73 bits per heavy atom. The van der Waals surface area contributed by atoms with Crippen molar-refractivity contribution in [3.8, 4) is 17.2 Å². The minimum atomic E-state index is -0.164. The van der Waals surface area contributed by atoms with Crippen LogP contribution in [0.1, 0.15) is 31.0 Å². The molecule has 3 N–H and O–H groups in total. The van der Waals surface area contributed by atoms with Crippen molar-refractivity contribution in [2.75, 3.05) is 6.79 Å². The summed E-state index contributed by atoms with van der Waals surface area (Å²) in [4.78, 5) is 0. The van der Waals surface area contributed by atoms with E-state index < -0.39 is 0 Å². The molecule has 4 rings (SSSR count). The number of ether oxygens (including phenoxy) is 2. The van der Waals surface area contributed by atoms with Crippen LogP contribution < -0.4 is 20.1 Å². The number of nitrogens with one attached hydrogen (secondary N) is 2. The van der Waals surface area contributed by atoms with Crippen molar-refractivity contribution in [2.24, 2.45) is 5.92 Å². The maximum absolute atomic E-state index is 10.3. The number of hydrogen-bond acceptors (Lipinski definition) is 5. The van der Waals surface area contributed by atoms with Crippen molar-refractivity contribution >= 4 is 17.3 Å². The summed E-state index contributed by atoms with van der Waals surface area (Å²) in [5.74, 6) is 2.06. The van der Waals surface area contributed by atoms with E-state index >= 15 is 0 Å². The number of phenols is 1. The third-order valence-corrected chi connectivity index (χ3v) is 4.91. The Hall–Kier alpha value is -2.37. The van der Waals surface area contributed by atoms with Crippen molar-refractivity contribution in [1.29, 1.82) is 0 Å². The Bertz CT molecular complexity index is 866. The quantitative estimate of drug-likeness (QED) is 0.759. The van der Waals surface area contributed by atoms with Gasteiger partial charge in [-0.1, -0.05) is 25.4 Å². The molecular formula is C20H21ClN2O3. The topological polar surface area (TPSA) is 62.8 Å². The molecule has 6 heteroatoms. The van der Waals surface area contributed by atoms with Crippen LogP contribution in [-0.4, -0.2) is 18.1 Å². The lowest BCUT2D eigenvalue weighted by molar-refractivity contribution is 0.174. The molecule has 0 bridgehead atoms. The average molecular weight is 373 g/mol. The van der Waals surface area contributed by atoms with Crippen LogP contribution >= 0.6 is 11.6 Å². The molecule has 2 aliphatic rings. The van der Waals surface area contributed by atoms with Gasteiger partial charge < -0.3 is 19.9 Å². The Balaban J connectivity index is 1.74. The van der Waals surface area contributed by atoms with Gasteiger partial charge in [0.2, 0.25) is 6.79 Å². The molecule has 0 saturated heterocycles. The van der Waals surface area contributed by atoms with E-state index in [-0.39, 0.29) is 24.8 Å². The minimum Gasteiger partial charge on any atom is -0.508 e. The smallest absolute Gasteiger partial charge is 0.231 e. The number of phenolic OH excluding ortho intramolecular Hbond substituents is 1. The van der Waals surface area contributed by atoms with Crippen LogP contribution in [0.3, 0.4) is 0 Å². The van der Waals surface area contributed by atoms with Gasteiger partial charge in [-0.25, -0.2) is 0 Å². The molecule has 2 aromatic rings. The normalized spacial score (nSPS) is 21.5. The van der Waals surface area contributed by atoms with Crippen LogP contribution in [0.4, 0.5) is 0 Å². The van der Waals surface area contributed by atoms with Gasteiger partial charge in [0.05, 0.1) is 12.2 Å². The largest absolute Gasteiger partial charge is 0.508 e. The summed E-state index contributed by atoms with van der Waals surface area (Å²) in [5, 5.41) is 18.0. The van der Waals surface area contributed by atoms with Gasteiger partial charge in [-0.15, -0.1) is 0 Å². The first-order chi connectivity index (χ1) is 12.5. The highest BCUT2D eigenvalue weighted by atomic mass is 35.5. The molecule has 2 aliphatic heterocycles. The van der Waals surface area contributed by atoms with Gasteiger partial charge >= 0.3 is 0 Å². The van der Waals surface area contributed by atoms with Crippen molar-refractivity contribution in [2.45, 2.75) is 26.1 Å². The molecule has 0 amide bonds. The van der Waals surface area contributed by atoms with Gasteiger partial charge in [-0.2, -0.15) is 0 Å². The predicted molar refractivity (Wildman–Crippen MR) is 101 cm³/mol. The monoisotopic (exact) mass is 372 g/mol. The average Bonchev–Trinajstić information content (AvgIpc) is 3.11. The van der Waals surface area contributed by atoms with E-state index in [2.05, 4.69) is 30.6 Å². The summed E-state index contributed by atoms with van der Waals surface area (Å²) in [5.41, 5.74) is 2.74. The van der Waals surface area contributed by atoms with E-state index in [4.69, 9.17) is 21.1 Å². The van der Waals surface area contributed by atoms with Crippen LogP contribution in [-0.2, 0) is 0 Å². The van der Waals surface area contributed by atoms with Crippen molar-refractivity contribution in [3.63, 3.8) is 0 Å². The second-order valence-electron chi connectivity index (χ2n) is 6.86. The van der Waals surface area contributed by atoms with Crippen LogP contribution in [0.5, 0.6) is 17.2 Å². The van der Waals surface area contributed by atoms with Gasteiger partial charge in [0, 0.05) is 21.8 Å². The standard InChI is InChI=1S/C20H21ClN2O3/c1-11(2)20-22-15(12-3-6-18-19(7-12)26-10-25-18)9-16(23-20)14-8-13(21)4-5-17(14)24/h3-9,11,16,20,22-24H,10H2,1-2H3. The minimum absolute atomic E-state index is 0.0452. The molecule has 0 fully saturated rings. The van der Waals surface area contributed by atoms with E-state index in [1.165, 1.54) is 0 Å². The Morgan fingerprint density at radius 2 is 1.92 bits per heavy atom. The summed E-state index contributed by atoms with van der Waals surface area (Å²) in [6, 6.07) is 10.8. The highest BCUT2D eigenvalue weighted by Gasteiger charge is 2.27. The fourth-order valence-electron chi connectivity index (χ4n) is 3.22. The first-order valence-corrected chi connectivity index (χ1v) is 9.02. The third-order valence-electron chi connectivity index (χ3n) is 4.68. The number of rotatable bonds is 3. The van der Waals surface area contributed by atoms with Gasteiger partial charge in [0.1, 0.15) is 5.75 Å². The highest BCUT2D eigenvalue weighted by Crippen LogP contribution is 2.37. The van der Waals surface area contributed by atoms with Crippen LogP contribution in [0.15, 0.2) is 42.5 Å². The van der Waals surface area contributed by atoms with E-state index in [1.54, 1.807) is 18.2 Å². The second kappa shape index (κ2) is 6.74. The predicted octanol–water partition coefficient (Wildman–Crippen LogP) is 4.03. The maximum Gasteiger partial charge on any atom is 0.231 e. The molecule has 2 heterocycles. The Morgan fingerprint density at radius 1 is 1.12 bits per heavy atom. The van der Waals surface area contributed by atoms with Crippen molar-refractivity contribution in [1.82, 2.24) is 10.6 Å². The molecule has 5 nitrogen and oxygen atoms in total. The molecular weight excluding hydrogens is 352 g/mol. The lowest BCUT2D eigenvalue weighted by Gasteiger charge is -2.35. The number of halogens is 1. The number of aromatic hydroxyl groups is 1. The molecule has 136 valence electrons. The summed E-state index contributed by atoms with van der Waals surface area (Å²) in [7, 11) is 0. The second-order valence-corrected chi connectivity index (χ2v) is 7.30. The highest BCUT2D eigenvalue weighted by molar-refractivity contribution is 6.30. The fraction of sp³-hybridized carbons (Fsp3) is 0.300. The Kier molecular flexibility index (Phi) is 4.42. The molecule has 26 heavy (non-hydrogen) atoms. The lowest BCUT2D eigenvalue weighted by Crippen LogP contribution is -2.49. The van der Waals surface area contributed by atoms with E-state index in [1.807, 2.05) is 18.2 Å². The zero-order valence-electron chi connectivity index (χ0n) is 14.6. The Labute approximate surface area is 157 Å². The summed E-state index contributed by atoms with van der Waals surface area (Å²) < 4.78 is 10.9. The van der Waals surface area contributed by atoms with Gasteiger partial charge in [0.15, 0.2) is 11.5 Å². The summed E-state index contributed by atoms with van der Waals surface area (Å²) in [6.45, 7) is 4.53. The third kappa shape index (κ3) is 3.20. The van der Waals surface area contributed by atoms with Crippen LogP contribution in [0.2, 0.25) is 5.02 Å². The molecule has 0 radical (unpaired) electrons. The lowest BCUT2D eigenvalue weighted by atomic mass is 9.97. The van der Waals surface area contributed by atoms with Crippen molar-refractivity contribution < 1.29 is 14.6 Å². The van der Waals surface area contributed by atoms with Crippen LogP contribution in [0.25, 0.3) is 5.70 Å². The van der Waals surface area contributed by atoms with E-state index in [0.29, 0.717) is 10.9 Å². The fourth-order valence-corrected chi connectivity index (χ4v) is 3.40. The molecule has 0 aliphatic carbocycles. The summed E-state index contributed by atoms with van der Waals surface area (Å²) in [6.07, 6.45) is 2.10. The zero-order valence-corrected chi connectivity index (χ0v) is 15.4. The zero-order chi connectivity index (χ0) is 18.3. The van der Waals surface area contributed by atoms with Crippen LogP contribution in [0, 0.1) is 5.92 Å². The van der Waals surface area contributed by atoms with Crippen molar-refractivity contribution in [3.05, 3.63) is 58.6 Å². The number of fused-ring (bicyclic) bond motifs is 1. The van der Waals surface area contributed by atoms with E-state index in [0.717, 1.165) is 28.3 Å². The van der Waals surface area contributed by atoms with E-state index in [9.17, 15) is 5.11 Å². The molecule has 0 spiro atoms. The molecule has 2 atom stereocenters. The molecule has 2 unspecified atom stereocenters. The first-order valence-electron chi connectivity index (χ1n) is 8.64. The summed E-state index contributed by atoms with van der Waals surface area (Å²) >= 11 is 6.15. The molecule has 2 aromatic carbocycles. The molecule has 0 saturated carbocycles. The maximum atomic E-state index is 10.3. The van der Waals surface area contributed by atoms with Gasteiger partial charge in [0.25, 0.3) is 0 Å². The molecule has 0 aromatic heterocycles. The number of benzene rings is 2. The number of hydrogen-bond donors (Lipinski definition) is 3. The SMILES string of the molecule is CC(C)C1NC(c2ccc3c(c2)OCO3)=CC(c2cc(Cl)ccc2O)N1.